The molecule has 0 bridgehead atoms. The number of methoxy groups -OCH3 is 1. The van der Waals surface area contributed by atoms with Gasteiger partial charge in [-0.3, -0.25) is 0 Å². The molecule has 0 N–H and O–H groups in total. The largest absolute Gasteiger partial charge is 0.497 e. The quantitative estimate of drug-likeness (QED) is 0.439. The van der Waals surface area contributed by atoms with Crippen LogP contribution in [0.25, 0.3) is 0 Å². The fraction of sp³-hybridized carbons (Fsp3) is 0.167. The average molecular weight is 507 g/mol. The van der Waals surface area contributed by atoms with Gasteiger partial charge in [-0.1, -0.05) is 17.4 Å². The number of halogens is 4. The Labute approximate surface area is 177 Å². The molecule has 0 spiro atoms. The first kappa shape index (κ1) is 21.6. The van der Waals surface area contributed by atoms with Crippen molar-refractivity contribution in [3.63, 3.8) is 0 Å². The second kappa shape index (κ2) is 8.33. The average Bonchev–Trinajstić information content (AvgIpc) is 3.09. The lowest BCUT2D eigenvalue weighted by Crippen LogP contribution is -2.31. The molecule has 0 saturated carbocycles. The molecular weight excluding hydrogens is 493 g/mol. The normalized spacial score (nSPS) is 11.5. The van der Waals surface area contributed by atoms with E-state index in [9.17, 15) is 21.6 Å². The number of thiazole rings is 1. The summed E-state index contributed by atoms with van der Waals surface area (Å²) in [5.74, 6) is -1.63. The molecule has 1 aromatic heterocycles. The minimum absolute atomic E-state index is 0.183. The predicted molar refractivity (Wildman–Crippen MR) is 107 cm³/mol. The number of nitrogens with zero attached hydrogens (tertiary/aromatic N) is 2. The van der Waals surface area contributed by atoms with Crippen molar-refractivity contribution in [2.24, 2.45) is 0 Å². The topological polar surface area (TPSA) is 59.5 Å². The molecule has 1 heterocycles. The van der Waals surface area contributed by atoms with Gasteiger partial charge in [-0.05, 0) is 52.2 Å². The van der Waals surface area contributed by atoms with Gasteiger partial charge in [-0.15, -0.1) is 0 Å². The third-order valence-electron chi connectivity index (χ3n) is 4.09. The smallest absolute Gasteiger partial charge is 0.269 e. The third kappa shape index (κ3) is 4.41. The number of hydrogen-bond acceptors (Lipinski definition) is 5. The molecule has 0 fully saturated rings. The van der Waals surface area contributed by atoms with Crippen molar-refractivity contribution < 1.29 is 26.3 Å². The van der Waals surface area contributed by atoms with E-state index in [2.05, 4.69) is 20.9 Å². The van der Waals surface area contributed by atoms with Crippen LogP contribution in [-0.4, -0.2) is 20.5 Å². The minimum atomic E-state index is -4.53. The fourth-order valence-electron chi connectivity index (χ4n) is 2.56. The molecule has 11 heteroatoms. The van der Waals surface area contributed by atoms with Crippen LogP contribution in [0, 0.1) is 23.7 Å². The second-order valence-corrected chi connectivity index (χ2v) is 9.59. The molecule has 29 heavy (non-hydrogen) atoms. The first-order valence-corrected chi connectivity index (χ1v) is 11.1. The predicted octanol–water partition coefficient (Wildman–Crippen LogP) is 5.04. The van der Waals surface area contributed by atoms with Gasteiger partial charge in [0, 0.05) is 6.07 Å². The maximum Gasteiger partial charge on any atom is 0.269 e. The van der Waals surface area contributed by atoms with Crippen molar-refractivity contribution in [3.05, 3.63) is 68.9 Å². The standard InChI is InChI=1S/C18H14BrF3N2O3S2/c1-10-5-12(27-2)4-3-11(10)9-24(18-23-8-17(22)28-18)29(25,26)16-6-13(19)14(20)7-15(16)21/h3-8H,9H2,1-2H3. The summed E-state index contributed by atoms with van der Waals surface area (Å²) in [7, 11) is -3.03. The van der Waals surface area contributed by atoms with Crippen LogP contribution >= 0.6 is 27.3 Å². The lowest BCUT2D eigenvalue weighted by atomic mass is 10.1. The third-order valence-corrected chi connectivity index (χ3v) is 7.37. The highest BCUT2D eigenvalue weighted by molar-refractivity contribution is 9.10. The van der Waals surface area contributed by atoms with E-state index in [1.165, 1.54) is 7.11 Å². The summed E-state index contributed by atoms with van der Waals surface area (Å²) in [6.45, 7) is 1.51. The molecule has 0 radical (unpaired) electrons. The van der Waals surface area contributed by atoms with Crippen molar-refractivity contribution in [2.75, 3.05) is 11.4 Å². The van der Waals surface area contributed by atoms with E-state index >= 15 is 0 Å². The Bertz CT molecular complexity index is 1170. The molecule has 2 aromatic carbocycles. The Kier molecular flexibility index (Phi) is 6.20. The zero-order valence-electron chi connectivity index (χ0n) is 15.1. The molecule has 0 atom stereocenters. The summed E-state index contributed by atoms with van der Waals surface area (Å²) in [4.78, 5) is 3.04. The monoisotopic (exact) mass is 506 g/mol. The van der Waals surface area contributed by atoms with Crippen molar-refractivity contribution in [1.82, 2.24) is 4.98 Å². The maximum atomic E-state index is 14.3. The Balaban J connectivity index is 2.13. The Morgan fingerprint density at radius 3 is 2.48 bits per heavy atom. The number of benzene rings is 2. The number of ether oxygens (including phenoxy) is 1. The van der Waals surface area contributed by atoms with E-state index in [4.69, 9.17) is 4.74 Å². The van der Waals surface area contributed by atoms with Crippen LogP contribution in [0.2, 0.25) is 0 Å². The van der Waals surface area contributed by atoms with Gasteiger partial charge in [0.05, 0.1) is 24.3 Å². The Morgan fingerprint density at radius 1 is 1.17 bits per heavy atom. The van der Waals surface area contributed by atoms with Crippen LogP contribution in [0.3, 0.4) is 0 Å². The van der Waals surface area contributed by atoms with Crippen LogP contribution < -0.4 is 9.04 Å². The zero-order valence-corrected chi connectivity index (χ0v) is 18.3. The van der Waals surface area contributed by atoms with Crippen LogP contribution in [0.15, 0.2) is 45.9 Å². The molecule has 0 amide bonds. The van der Waals surface area contributed by atoms with Gasteiger partial charge < -0.3 is 4.74 Å². The summed E-state index contributed by atoms with van der Waals surface area (Å²) in [6, 6.07) is 6.30. The highest BCUT2D eigenvalue weighted by atomic mass is 79.9. The SMILES string of the molecule is COc1ccc(CN(c2ncc(F)s2)S(=O)(=O)c2cc(Br)c(F)cc2F)c(C)c1. The number of aromatic nitrogens is 1. The van der Waals surface area contributed by atoms with Crippen LogP contribution in [-0.2, 0) is 16.6 Å². The number of hydrogen-bond donors (Lipinski definition) is 0. The van der Waals surface area contributed by atoms with Crippen LogP contribution in [0.1, 0.15) is 11.1 Å². The molecule has 3 rings (SSSR count). The van der Waals surface area contributed by atoms with Gasteiger partial charge in [-0.2, -0.15) is 4.39 Å². The lowest BCUT2D eigenvalue weighted by molar-refractivity contribution is 0.414. The maximum absolute atomic E-state index is 14.3. The number of aryl methyl sites for hydroxylation is 1. The van der Waals surface area contributed by atoms with Crippen LogP contribution in [0.5, 0.6) is 5.75 Å². The molecule has 0 unspecified atom stereocenters. The second-order valence-electron chi connectivity index (χ2n) is 5.95. The molecule has 0 aliphatic rings. The number of rotatable bonds is 6. The van der Waals surface area contributed by atoms with Crippen molar-refractivity contribution in [3.8, 4) is 5.75 Å². The van der Waals surface area contributed by atoms with Gasteiger partial charge in [0.2, 0.25) is 5.13 Å². The van der Waals surface area contributed by atoms with Crippen molar-refractivity contribution >= 4 is 42.4 Å². The molecule has 154 valence electrons. The summed E-state index contributed by atoms with van der Waals surface area (Å²) >= 11 is 3.36. The van der Waals surface area contributed by atoms with E-state index in [0.29, 0.717) is 34.3 Å². The van der Waals surface area contributed by atoms with Crippen molar-refractivity contribution in [1.29, 1.82) is 0 Å². The molecule has 0 aliphatic carbocycles. The van der Waals surface area contributed by atoms with Gasteiger partial charge in [-0.25, -0.2) is 26.5 Å². The number of sulfonamides is 1. The van der Waals surface area contributed by atoms with E-state index in [-0.39, 0.29) is 16.1 Å². The molecule has 5 nitrogen and oxygen atoms in total. The molecule has 0 saturated heterocycles. The summed E-state index contributed by atoms with van der Waals surface area (Å²) < 4.78 is 73.7. The number of anilines is 1. The summed E-state index contributed by atoms with van der Waals surface area (Å²) in [5, 5.41) is -0.884. The molecule has 0 aliphatic heterocycles. The van der Waals surface area contributed by atoms with Gasteiger partial charge in [0.1, 0.15) is 22.3 Å². The highest BCUT2D eigenvalue weighted by Gasteiger charge is 2.31. The van der Waals surface area contributed by atoms with Gasteiger partial charge in [0.15, 0.2) is 5.13 Å². The summed E-state index contributed by atoms with van der Waals surface area (Å²) in [6.07, 6.45) is 0.875. The Morgan fingerprint density at radius 2 is 1.90 bits per heavy atom. The van der Waals surface area contributed by atoms with Gasteiger partial charge >= 0.3 is 0 Å². The highest BCUT2D eigenvalue weighted by Crippen LogP contribution is 2.33. The minimum Gasteiger partial charge on any atom is -0.497 e. The molecular formula is C18H14BrF3N2O3S2. The van der Waals surface area contributed by atoms with E-state index in [0.717, 1.165) is 16.6 Å². The van der Waals surface area contributed by atoms with Crippen LogP contribution in [0.4, 0.5) is 18.3 Å². The molecule has 3 aromatic rings. The van der Waals surface area contributed by atoms with Gasteiger partial charge in [0.25, 0.3) is 10.0 Å². The first-order chi connectivity index (χ1) is 13.6. The van der Waals surface area contributed by atoms with E-state index in [1.54, 1.807) is 25.1 Å². The van der Waals surface area contributed by atoms with E-state index in [1.807, 2.05) is 0 Å². The fourth-order valence-corrected chi connectivity index (χ4v) is 5.39. The Hall–Kier alpha value is -2.11. The van der Waals surface area contributed by atoms with Crippen molar-refractivity contribution in [2.45, 2.75) is 18.4 Å². The summed E-state index contributed by atoms with van der Waals surface area (Å²) in [5.41, 5.74) is 1.29. The lowest BCUT2D eigenvalue weighted by Gasteiger charge is -2.23. The first-order valence-electron chi connectivity index (χ1n) is 8.05. The zero-order chi connectivity index (χ0) is 21.3. The van der Waals surface area contributed by atoms with E-state index < -0.39 is 31.7 Å².